The normalized spacial score (nSPS) is 19.8. The first-order chi connectivity index (χ1) is 13.8. The second kappa shape index (κ2) is 8.87. The fourth-order valence-electron chi connectivity index (χ4n) is 3.75. The molecule has 0 bridgehead atoms. The Morgan fingerprint density at radius 2 is 1.93 bits per heavy atom. The van der Waals surface area contributed by atoms with E-state index in [1.807, 2.05) is 0 Å². The highest BCUT2D eigenvalue weighted by Gasteiger charge is 2.31. The van der Waals surface area contributed by atoms with E-state index in [1.165, 1.54) is 12.5 Å². The van der Waals surface area contributed by atoms with Gasteiger partial charge in [-0.15, -0.1) is 10.2 Å². The Balaban J connectivity index is 0.000000755. The Kier molecular flexibility index (Phi) is 6.48. The van der Waals surface area contributed by atoms with Crippen LogP contribution in [-0.4, -0.2) is 65.8 Å². The molecule has 10 nitrogen and oxygen atoms in total. The molecule has 0 amide bonds. The maximum atomic E-state index is 11.6. The Morgan fingerprint density at radius 1 is 1.24 bits per heavy atom. The average Bonchev–Trinajstić information content (AvgIpc) is 3.13. The lowest BCUT2D eigenvalue weighted by Gasteiger charge is -2.34. The lowest BCUT2D eigenvalue weighted by Crippen LogP contribution is -2.38. The average molecular weight is 423 g/mol. The number of hydrogen-bond donors (Lipinski definition) is 1. The first kappa shape index (κ1) is 21.2. The van der Waals surface area contributed by atoms with Gasteiger partial charge in [0.25, 0.3) is 6.47 Å². The van der Waals surface area contributed by atoms with Crippen LogP contribution in [-0.2, 0) is 25.9 Å². The van der Waals surface area contributed by atoms with E-state index in [2.05, 4.69) is 31.6 Å². The fourth-order valence-corrected chi connectivity index (χ4v) is 4.31. The van der Waals surface area contributed by atoms with Gasteiger partial charge in [0.15, 0.2) is 15.7 Å². The minimum atomic E-state index is -3.24. The molecule has 0 aliphatic carbocycles. The maximum Gasteiger partial charge on any atom is 0.290 e. The van der Waals surface area contributed by atoms with E-state index in [4.69, 9.17) is 14.6 Å². The molecular weight excluding hydrogens is 398 g/mol. The topological polar surface area (TPSA) is 128 Å². The van der Waals surface area contributed by atoms with Crippen LogP contribution in [0.4, 0.5) is 5.82 Å². The third kappa shape index (κ3) is 4.73. The van der Waals surface area contributed by atoms with Crippen molar-refractivity contribution in [1.82, 2.24) is 19.7 Å². The number of nitrogens with zero attached hydrogens (tertiary/aromatic N) is 5. The number of sulfone groups is 1. The van der Waals surface area contributed by atoms with E-state index < -0.39 is 9.84 Å². The van der Waals surface area contributed by atoms with Crippen LogP contribution in [0, 0.1) is 0 Å². The van der Waals surface area contributed by atoms with Gasteiger partial charge >= 0.3 is 0 Å². The van der Waals surface area contributed by atoms with Crippen molar-refractivity contribution in [2.75, 3.05) is 30.9 Å². The summed E-state index contributed by atoms with van der Waals surface area (Å²) in [5, 5.41) is 15.8. The summed E-state index contributed by atoms with van der Waals surface area (Å²) < 4.78 is 30.9. The molecule has 2 aliphatic heterocycles. The van der Waals surface area contributed by atoms with Crippen molar-refractivity contribution in [3.8, 4) is 0 Å². The van der Waals surface area contributed by atoms with Gasteiger partial charge in [-0.05, 0) is 31.9 Å². The lowest BCUT2D eigenvalue weighted by atomic mass is 9.99. The molecule has 1 fully saturated rings. The number of rotatable bonds is 3. The molecule has 1 saturated heterocycles. The molecule has 158 valence electrons. The summed E-state index contributed by atoms with van der Waals surface area (Å²) in [5.41, 5.74) is 0. The summed E-state index contributed by atoms with van der Waals surface area (Å²) in [6, 6.07) is 3.59. The molecular formula is C18H25N5O5S. The zero-order chi connectivity index (χ0) is 21.0. The molecule has 4 heterocycles. The number of carboxylic acid groups (broad SMARTS) is 1. The SMILES string of the molecule is C[C@H]1CN(c2ccc(S(C)(=O)=O)cn2)Cc2nnc(C3CCOCC3)n21.O=CO. The standard InChI is InChI=1S/C17H23N5O3S.CH2O2/c1-12-10-21(15-4-3-14(9-18-15)26(2,23)24)11-16-19-20-17(22(12)16)13-5-7-25-8-6-13;2-1-3/h3-4,9,12-13H,5-8,10-11H2,1-2H3;1H,(H,2,3)/t12-;/m0./s1. The quantitative estimate of drug-likeness (QED) is 0.725. The second-order valence-electron chi connectivity index (χ2n) is 7.19. The van der Waals surface area contributed by atoms with Crippen LogP contribution in [0.3, 0.4) is 0 Å². The summed E-state index contributed by atoms with van der Waals surface area (Å²) in [6.45, 7) is 4.87. The highest BCUT2D eigenvalue weighted by Crippen LogP contribution is 2.32. The maximum absolute atomic E-state index is 11.6. The van der Waals surface area contributed by atoms with Gasteiger partial charge in [0.05, 0.1) is 17.5 Å². The molecule has 4 rings (SSSR count). The van der Waals surface area contributed by atoms with Gasteiger partial charge in [-0.3, -0.25) is 4.79 Å². The molecule has 0 radical (unpaired) electrons. The molecule has 1 N–H and O–H groups in total. The summed E-state index contributed by atoms with van der Waals surface area (Å²) in [4.78, 5) is 15.1. The predicted octanol–water partition coefficient (Wildman–Crippen LogP) is 1.25. The smallest absolute Gasteiger partial charge is 0.290 e. The van der Waals surface area contributed by atoms with Gasteiger partial charge in [0.2, 0.25) is 0 Å². The van der Waals surface area contributed by atoms with Crippen molar-refractivity contribution in [2.24, 2.45) is 0 Å². The zero-order valence-electron chi connectivity index (χ0n) is 16.4. The predicted molar refractivity (Wildman–Crippen MR) is 105 cm³/mol. The number of hydrogen-bond acceptors (Lipinski definition) is 8. The van der Waals surface area contributed by atoms with Crippen LogP contribution in [0.2, 0.25) is 0 Å². The van der Waals surface area contributed by atoms with E-state index in [9.17, 15) is 8.42 Å². The highest BCUT2D eigenvalue weighted by molar-refractivity contribution is 7.90. The van der Waals surface area contributed by atoms with Gasteiger partial charge in [-0.1, -0.05) is 0 Å². The molecule has 0 spiro atoms. The number of ether oxygens (including phenoxy) is 1. The number of anilines is 1. The summed E-state index contributed by atoms with van der Waals surface area (Å²) in [5.74, 6) is 3.16. The van der Waals surface area contributed by atoms with Crippen molar-refractivity contribution in [3.05, 3.63) is 30.0 Å². The van der Waals surface area contributed by atoms with Gasteiger partial charge in [-0.2, -0.15) is 0 Å². The molecule has 29 heavy (non-hydrogen) atoms. The second-order valence-corrected chi connectivity index (χ2v) is 9.21. The third-order valence-electron chi connectivity index (χ3n) is 5.11. The molecule has 0 saturated carbocycles. The first-order valence-electron chi connectivity index (χ1n) is 9.35. The van der Waals surface area contributed by atoms with Crippen molar-refractivity contribution < 1.29 is 23.1 Å². The van der Waals surface area contributed by atoms with Crippen LogP contribution in [0.1, 0.15) is 43.4 Å². The molecule has 0 unspecified atom stereocenters. The zero-order valence-corrected chi connectivity index (χ0v) is 17.2. The Bertz CT molecular complexity index is 938. The van der Waals surface area contributed by atoms with Crippen LogP contribution >= 0.6 is 0 Å². The molecule has 1 atom stereocenters. The van der Waals surface area contributed by atoms with Crippen molar-refractivity contribution in [3.63, 3.8) is 0 Å². The van der Waals surface area contributed by atoms with Crippen LogP contribution in [0.25, 0.3) is 0 Å². The number of aromatic nitrogens is 4. The van der Waals surface area contributed by atoms with E-state index in [0.717, 1.165) is 50.1 Å². The van der Waals surface area contributed by atoms with E-state index in [0.29, 0.717) is 12.5 Å². The Labute approximate surface area is 169 Å². The minimum absolute atomic E-state index is 0.225. The summed E-state index contributed by atoms with van der Waals surface area (Å²) in [7, 11) is -3.24. The largest absolute Gasteiger partial charge is 0.483 e. The molecule has 2 aliphatic rings. The minimum Gasteiger partial charge on any atom is -0.483 e. The van der Waals surface area contributed by atoms with Gasteiger partial charge in [0, 0.05) is 38.1 Å². The number of carbonyl (C=O) groups is 1. The number of pyridine rings is 1. The first-order valence-corrected chi connectivity index (χ1v) is 11.2. The lowest BCUT2D eigenvalue weighted by molar-refractivity contribution is -0.122. The fraction of sp³-hybridized carbons (Fsp3) is 0.556. The molecule has 2 aromatic rings. The molecule has 11 heteroatoms. The Morgan fingerprint density at radius 3 is 2.52 bits per heavy atom. The summed E-state index contributed by atoms with van der Waals surface area (Å²) >= 11 is 0. The highest BCUT2D eigenvalue weighted by atomic mass is 32.2. The Hall–Kier alpha value is -2.53. The van der Waals surface area contributed by atoms with Gasteiger partial charge < -0.3 is 19.3 Å². The van der Waals surface area contributed by atoms with Crippen LogP contribution < -0.4 is 4.90 Å². The van der Waals surface area contributed by atoms with E-state index in [1.54, 1.807) is 12.1 Å². The van der Waals surface area contributed by atoms with Crippen molar-refractivity contribution >= 4 is 22.1 Å². The molecule has 0 aromatic carbocycles. The van der Waals surface area contributed by atoms with E-state index in [-0.39, 0.29) is 17.4 Å². The van der Waals surface area contributed by atoms with Gasteiger partial charge in [-0.25, -0.2) is 13.4 Å². The van der Waals surface area contributed by atoms with Crippen molar-refractivity contribution in [2.45, 2.75) is 43.2 Å². The summed E-state index contributed by atoms with van der Waals surface area (Å²) in [6.07, 6.45) is 4.58. The molecule has 2 aromatic heterocycles. The monoisotopic (exact) mass is 423 g/mol. The van der Waals surface area contributed by atoms with Gasteiger partial charge in [0.1, 0.15) is 11.6 Å². The van der Waals surface area contributed by atoms with Crippen LogP contribution in [0.15, 0.2) is 23.2 Å². The van der Waals surface area contributed by atoms with E-state index >= 15 is 0 Å². The number of fused-ring (bicyclic) bond motifs is 1. The van der Waals surface area contributed by atoms with Crippen LogP contribution in [0.5, 0.6) is 0 Å². The van der Waals surface area contributed by atoms with Crippen molar-refractivity contribution in [1.29, 1.82) is 0 Å². The third-order valence-corrected chi connectivity index (χ3v) is 6.21.